The monoisotopic (exact) mass is 268 g/mol. The Balaban J connectivity index is 2.26. The Morgan fingerprint density at radius 3 is 2.35 bits per heavy atom. The predicted octanol–water partition coefficient (Wildman–Crippen LogP) is 4.54. The zero-order chi connectivity index (χ0) is 14.7. The van der Waals surface area contributed by atoms with Gasteiger partial charge in [0.25, 0.3) is 0 Å². The van der Waals surface area contributed by atoms with E-state index < -0.39 is 0 Å². The first-order valence-corrected chi connectivity index (χ1v) is 7.09. The molecule has 20 heavy (non-hydrogen) atoms. The summed E-state index contributed by atoms with van der Waals surface area (Å²) in [6.45, 7) is 6.53. The van der Waals surface area contributed by atoms with Gasteiger partial charge in [0.1, 0.15) is 0 Å². The fraction of sp³-hybridized carbons (Fsp3) is 0.333. The van der Waals surface area contributed by atoms with Crippen molar-refractivity contribution in [2.75, 3.05) is 24.3 Å². The number of aryl methyl sites for hydroxylation is 2. The average Bonchev–Trinajstić information content (AvgIpc) is 2.38. The topological polar surface area (TPSA) is 15.3 Å². The van der Waals surface area contributed by atoms with E-state index in [1.165, 1.54) is 28.1 Å². The molecular weight excluding hydrogens is 244 g/mol. The standard InChI is InChI=1S/C18H24N2/c1-13-10-11-16(14(2)12-13)15(3)19-17-8-6-7-9-18(17)20(4)5/h6-12,15,19H,1-5H3. The molecule has 0 saturated heterocycles. The second-order valence-electron chi connectivity index (χ2n) is 5.64. The molecule has 0 spiro atoms. The summed E-state index contributed by atoms with van der Waals surface area (Å²) in [6, 6.07) is 15.3. The summed E-state index contributed by atoms with van der Waals surface area (Å²) in [5, 5.41) is 3.63. The first-order valence-electron chi connectivity index (χ1n) is 7.09. The van der Waals surface area contributed by atoms with Gasteiger partial charge in [-0.3, -0.25) is 0 Å². The van der Waals surface area contributed by atoms with Crippen LogP contribution in [0.4, 0.5) is 11.4 Å². The first-order chi connectivity index (χ1) is 9.49. The number of hydrogen-bond donors (Lipinski definition) is 1. The molecule has 2 heteroatoms. The minimum atomic E-state index is 0.289. The van der Waals surface area contributed by atoms with Crippen LogP contribution < -0.4 is 10.2 Å². The predicted molar refractivity (Wildman–Crippen MR) is 88.7 cm³/mol. The molecule has 0 aliphatic heterocycles. The minimum Gasteiger partial charge on any atom is -0.377 e. The molecule has 2 aromatic carbocycles. The van der Waals surface area contributed by atoms with Gasteiger partial charge in [-0.05, 0) is 44.0 Å². The van der Waals surface area contributed by atoms with Crippen LogP contribution in [0, 0.1) is 13.8 Å². The molecule has 2 rings (SSSR count). The third kappa shape index (κ3) is 3.13. The van der Waals surface area contributed by atoms with Gasteiger partial charge >= 0.3 is 0 Å². The van der Waals surface area contributed by atoms with E-state index >= 15 is 0 Å². The third-order valence-electron chi connectivity index (χ3n) is 3.65. The van der Waals surface area contributed by atoms with Gasteiger partial charge in [-0.2, -0.15) is 0 Å². The van der Waals surface area contributed by atoms with Crippen molar-refractivity contribution in [3.8, 4) is 0 Å². The van der Waals surface area contributed by atoms with E-state index in [4.69, 9.17) is 0 Å². The van der Waals surface area contributed by atoms with Crippen molar-refractivity contribution in [1.82, 2.24) is 0 Å². The number of nitrogens with one attached hydrogen (secondary N) is 1. The second-order valence-corrected chi connectivity index (χ2v) is 5.64. The molecule has 0 bridgehead atoms. The molecule has 0 heterocycles. The molecular formula is C18H24N2. The molecule has 2 nitrogen and oxygen atoms in total. The zero-order valence-electron chi connectivity index (χ0n) is 13.1. The Hall–Kier alpha value is -1.96. The minimum absolute atomic E-state index is 0.289. The summed E-state index contributed by atoms with van der Waals surface area (Å²) in [6.07, 6.45) is 0. The lowest BCUT2D eigenvalue weighted by Crippen LogP contribution is -2.14. The maximum absolute atomic E-state index is 3.63. The normalized spacial score (nSPS) is 12.1. The molecule has 1 unspecified atom stereocenters. The van der Waals surface area contributed by atoms with Crippen molar-refractivity contribution >= 4 is 11.4 Å². The summed E-state index contributed by atoms with van der Waals surface area (Å²) in [5.41, 5.74) is 6.39. The number of benzene rings is 2. The van der Waals surface area contributed by atoms with Gasteiger partial charge < -0.3 is 10.2 Å². The smallest absolute Gasteiger partial charge is 0.0596 e. The van der Waals surface area contributed by atoms with Crippen LogP contribution in [0.15, 0.2) is 42.5 Å². The van der Waals surface area contributed by atoms with Crippen LogP contribution >= 0.6 is 0 Å². The number of anilines is 2. The highest BCUT2D eigenvalue weighted by Crippen LogP contribution is 2.29. The van der Waals surface area contributed by atoms with Gasteiger partial charge in [0.15, 0.2) is 0 Å². The van der Waals surface area contributed by atoms with E-state index in [1.807, 2.05) is 0 Å². The Labute approximate surface area is 122 Å². The quantitative estimate of drug-likeness (QED) is 0.875. The lowest BCUT2D eigenvalue weighted by Gasteiger charge is -2.23. The van der Waals surface area contributed by atoms with Gasteiger partial charge in [-0.25, -0.2) is 0 Å². The summed E-state index contributed by atoms with van der Waals surface area (Å²) in [5.74, 6) is 0. The number of rotatable bonds is 4. The van der Waals surface area contributed by atoms with Crippen LogP contribution in [-0.4, -0.2) is 14.1 Å². The second kappa shape index (κ2) is 6.00. The van der Waals surface area contributed by atoms with Crippen LogP contribution in [0.2, 0.25) is 0 Å². The number of hydrogen-bond acceptors (Lipinski definition) is 2. The highest BCUT2D eigenvalue weighted by atomic mass is 15.1. The first kappa shape index (κ1) is 14.4. The summed E-state index contributed by atoms with van der Waals surface area (Å²) >= 11 is 0. The van der Waals surface area contributed by atoms with Gasteiger partial charge in [0.05, 0.1) is 11.4 Å². The van der Waals surface area contributed by atoms with Crippen molar-refractivity contribution in [3.05, 3.63) is 59.2 Å². The molecule has 0 aliphatic rings. The molecule has 1 N–H and O–H groups in total. The molecule has 0 fully saturated rings. The van der Waals surface area contributed by atoms with Gasteiger partial charge in [-0.15, -0.1) is 0 Å². The Morgan fingerprint density at radius 1 is 1.00 bits per heavy atom. The Kier molecular flexibility index (Phi) is 4.33. The van der Waals surface area contributed by atoms with Crippen LogP contribution in [0.1, 0.15) is 29.7 Å². The third-order valence-corrected chi connectivity index (χ3v) is 3.65. The largest absolute Gasteiger partial charge is 0.377 e. The number of para-hydroxylation sites is 2. The van der Waals surface area contributed by atoms with Gasteiger partial charge in [0, 0.05) is 20.1 Å². The summed E-state index contributed by atoms with van der Waals surface area (Å²) in [4.78, 5) is 2.14. The highest BCUT2D eigenvalue weighted by molar-refractivity contribution is 5.70. The molecule has 1 atom stereocenters. The Morgan fingerprint density at radius 2 is 1.70 bits per heavy atom. The van der Waals surface area contributed by atoms with E-state index in [-0.39, 0.29) is 6.04 Å². The van der Waals surface area contributed by atoms with E-state index in [2.05, 4.69) is 87.5 Å². The molecule has 0 amide bonds. The molecule has 106 valence electrons. The van der Waals surface area contributed by atoms with Crippen molar-refractivity contribution in [2.24, 2.45) is 0 Å². The van der Waals surface area contributed by atoms with E-state index in [9.17, 15) is 0 Å². The van der Waals surface area contributed by atoms with Gasteiger partial charge in [-0.1, -0.05) is 35.9 Å². The van der Waals surface area contributed by atoms with E-state index in [0.717, 1.165) is 0 Å². The SMILES string of the molecule is Cc1ccc(C(C)Nc2ccccc2N(C)C)c(C)c1. The van der Waals surface area contributed by atoms with Crippen molar-refractivity contribution in [3.63, 3.8) is 0 Å². The summed E-state index contributed by atoms with van der Waals surface area (Å²) < 4.78 is 0. The van der Waals surface area contributed by atoms with Crippen molar-refractivity contribution < 1.29 is 0 Å². The number of nitrogens with zero attached hydrogens (tertiary/aromatic N) is 1. The summed E-state index contributed by atoms with van der Waals surface area (Å²) in [7, 11) is 4.14. The molecule has 0 saturated carbocycles. The maximum Gasteiger partial charge on any atom is 0.0596 e. The fourth-order valence-corrected chi connectivity index (χ4v) is 2.61. The zero-order valence-corrected chi connectivity index (χ0v) is 13.1. The van der Waals surface area contributed by atoms with Crippen LogP contribution in [0.5, 0.6) is 0 Å². The highest BCUT2D eigenvalue weighted by Gasteiger charge is 2.11. The van der Waals surface area contributed by atoms with E-state index in [1.54, 1.807) is 0 Å². The van der Waals surface area contributed by atoms with Crippen LogP contribution in [-0.2, 0) is 0 Å². The van der Waals surface area contributed by atoms with Crippen molar-refractivity contribution in [2.45, 2.75) is 26.8 Å². The fourth-order valence-electron chi connectivity index (χ4n) is 2.61. The van der Waals surface area contributed by atoms with E-state index in [0.29, 0.717) is 0 Å². The lowest BCUT2D eigenvalue weighted by atomic mass is 10.00. The van der Waals surface area contributed by atoms with Gasteiger partial charge in [0.2, 0.25) is 0 Å². The Bertz CT molecular complexity index is 588. The lowest BCUT2D eigenvalue weighted by molar-refractivity contribution is 0.871. The van der Waals surface area contributed by atoms with Crippen LogP contribution in [0.3, 0.4) is 0 Å². The molecule has 0 aromatic heterocycles. The molecule has 0 aliphatic carbocycles. The maximum atomic E-state index is 3.63. The van der Waals surface area contributed by atoms with Crippen molar-refractivity contribution in [1.29, 1.82) is 0 Å². The average molecular weight is 268 g/mol. The molecule has 2 aromatic rings. The van der Waals surface area contributed by atoms with Crippen LogP contribution in [0.25, 0.3) is 0 Å². The molecule has 0 radical (unpaired) electrons.